The molecule has 8 nitrogen and oxygen atoms in total. The maximum absolute atomic E-state index is 12.6. The molecule has 0 unspecified atom stereocenters. The Morgan fingerprint density at radius 1 is 1.44 bits per heavy atom. The SMILES string of the molecule is COc1ccnc(NNC(=O)c2cc(C3CC3)nc(SC)c2C#N)n1. The maximum Gasteiger partial charge on any atom is 0.271 e. The van der Waals surface area contributed by atoms with Gasteiger partial charge in [-0.25, -0.2) is 9.97 Å². The topological polar surface area (TPSA) is 113 Å². The number of carbonyl (C=O) groups excluding carboxylic acids is 1. The highest BCUT2D eigenvalue weighted by Gasteiger charge is 2.28. The van der Waals surface area contributed by atoms with Gasteiger partial charge in [0.05, 0.1) is 18.2 Å². The average molecular weight is 356 g/mol. The van der Waals surface area contributed by atoms with Gasteiger partial charge in [-0.05, 0) is 25.2 Å². The van der Waals surface area contributed by atoms with Crippen LogP contribution in [-0.2, 0) is 0 Å². The number of amides is 1. The number of ether oxygens (including phenoxy) is 1. The van der Waals surface area contributed by atoms with E-state index >= 15 is 0 Å². The van der Waals surface area contributed by atoms with Crippen molar-refractivity contribution < 1.29 is 9.53 Å². The number of hydrazine groups is 1. The second-order valence-corrected chi connectivity index (χ2v) is 6.16. The van der Waals surface area contributed by atoms with Crippen molar-refractivity contribution in [2.75, 3.05) is 18.8 Å². The van der Waals surface area contributed by atoms with Crippen LogP contribution < -0.4 is 15.6 Å². The predicted octanol–water partition coefficient (Wildman–Crippen LogP) is 2.11. The monoisotopic (exact) mass is 356 g/mol. The van der Waals surface area contributed by atoms with Crippen molar-refractivity contribution >= 4 is 23.6 Å². The van der Waals surface area contributed by atoms with Crippen molar-refractivity contribution in [1.82, 2.24) is 20.4 Å². The number of nitrogens with zero attached hydrogens (tertiary/aromatic N) is 4. The largest absolute Gasteiger partial charge is 0.481 e. The number of methoxy groups -OCH3 is 1. The summed E-state index contributed by atoms with van der Waals surface area (Å²) in [5.41, 5.74) is 6.56. The highest BCUT2D eigenvalue weighted by atomic mass is 32.2. The molecule has 2 heterocycles. The van der Waals surface area contributed by atoms with E-state index in [1.165, 1.54) is 25.1 Å². The first kappa shape index (κ1) is 17.0. The van der Waals surface area contributed by atoms with Gasteiger partial charge < -0.3 is 4.74 Å². The molecular formula is C16H16N6O2S. The van der Waals surface area contributed by atoms with E-state index in [0.29, 0.717) is 22.4 Å². The minimum absolute atomic E-state index is 0.188. The molecule has 2 aromatic rings. The Kier molecular flexibility index (Phi) is 5.00. The molecule has 2 aromatic heterocycles. The lowest BCUT2D eigenvalue weighted by Crippen LogP contribution is -2.31. The summed E-state index contributed by atoms with van der Waals surface area (Å²) in [5, 5.41) is 10.00. The fourth-order valence-corrected chi connectivity index (χ4v) is 2.82. The Balaban J connectivity index is 1.83. The van der Waals surface area contributed by atoms with E-state index in [0.717, 1.165) is 18.5 Å². The third-order valence-electron chi connectivity index (χ3n) is 3.68. The Bertz CT molecular complexity index is 847. The summed E-state index contributed by atoms with van der Waals surface area (Å²) in [6, 6.07) is 5.36. The minimum Gasteiger partial charge on any atom is -0.481 e. The van der Waals surface area contributed by atoms with Crippen LogP contribution in [0.4, 0.5) is 5.95 Å². The van der Waals surface area contributed by atoms with Gasteiger partial charge in [-0.2, -0.15) is 10.2 Å². The lowest BCUT2D eigenvalue weighted by Gasteiger charge is -2.11. The summed E-state index contributed by atoms with van der Waals surface area (Å²) < 4.78 is 5.00. The number of hydrogen-bond acceptors (Lipinski definition) is 8. The molecule has 0 saturated heterocycles. The van der Waals surface area contributed by atoms with Gasteiger partial charge in [-0.1, -0.05) is 0 Å². The molecule has 0 atom stereocenters. The second kappa shape index (κ2) is 7.36. The molecule has 0 radical (unpaired) electrons. The van der Waals surface area contributed by atoms with Gasteiger partial charge in [-0.15, -0.1) is 11.8 Å². The average Bonchev–Trinajstić information content (AvgIpc) is 3.50. The zero-order valence-electron chi connectivity index (χ0n) is 13.7. The molecule has 1 aliphatic rings. The Hall–Kier alpha value is -2.86. The number of pyridine rings is 1. The molecule has 2 N–H and O–H groups in total. The van der Waals surface area contributed by atoms with Crippen molar-refractivity contribution in [3.63, 3.8) is 0 Å². The molecule has 1 saturated carbocycles. The predicted molar refractivity (Wildman–Crippen MR) is 92.4 cm³/mol. The molecule has 0 bridgehead atoms. The van der Waals surface area contributed by atoms with Crippen LogP contribution in [-0.4, -0.2) is 34.2 Å². The summed E-state index contributed by atoms with van der Waals surface area (Å²) >= 11 is 1.36. The van der Waals surface area contributed by atoms with E-state index in [1.807, 2.05) is 6.26 Å². The fraction of sp³-hybridized carbons (Fsp3) is 0.312. The van der Waals surface area contributed by atoms with E-state index in [1.54, 1.807) is 12.1 Å². The van der Waals surface area contributed by atoms with Gasteiger partial charge in [0.2, 0.25) is 11.8 Å². The number of aromatic nitrogens is 3. The zero-order valence-corrected chi connectivity index (χ0v) is 14.6. The standard InChI is InChI=1S/C16H16N6O2S/c1-24-13-5-6-18-16(20-13)22-21-14(23)10-7-12(9-3-4-9)19-15(25-2)11(10)8-17/h5-7,9H,3-4H2,1-2H3,(H,21,23)(H,18,20,22). The van der Waals surface area contributed by atoms with Crippen molar-refractivity contribution in [3.8, 4) is 11.9 Å². The number of anilines is 1. The van der Waals surface area contributed by atoms with E-state index in [2.05, 4.69) is 31.9 Å². The molecule has 1 fully saturated rings. The fourth-order valence-electron chi connectivity index (χ4n) is 2.26. The minimum atomic E-state index is -0.442. The summed E-state index contributed by atoms with van der Waals surface area (Å²) in [6.07, 6.45) is 5.46. The van der Waals surface area contributed by atoms with Gasteiger partial charge in [0, 0.05) is 23.9 Å². The number of rotatable bonds is 6. The Labute approximate surface area is 149 Å². The summed E-state index contributed by atoms with van der Waals surface area (Å²) in [7, 11) is 1.49. The van der Waals surface area contributed by atoms with Crippen LogP contribution >= 0.6 is 11.8 Å². The van der Waals surface area contributed by atoms with E-state index in [-0.39, 0.29) is 11.5 Å². The molecule has 128 valence electrons. The molecule has 3 rings (SSSR count). The first-order chi connectivity index (χ1) is 12.2. The molecular weight excluding hydrogens is 340 g/mol. The lowest BCUT2D eigenvalue weighted by atomic mass is 10.1. The Morgan fingerprint density at radius 3 is 2.88 bits per heavy atom. The number of carbonyl (C=O) groups is 1. The quantitative estimate of drug-likeness (QED) is 0.598. The highest BCUT2D eigenvalue weighted by molar-refractivity contribution is 7.98. The summed E-state index contributed by atoms with van der Waals surface area (Å²) in [4.78, 5) is 25.1. The van der Waals surface area contributed by atoms with Crippen LogP contribution in [0.2, 0.25) is 0 Å². The van der Waals surface area contributed by atoms with E-state index in [9.17, 15) is 10.1 Å². The van der Waals surface area contributed by atoms with E-state index in [4.69, 9.17) is 4.74 Å². The van der Waals surface area contributed by atoms with Crippen molar-refractivity contribution in [2.45, 2.75) is 23.8 Å². The molecule has 0 aromatic carbocycles. The summed E-state index contributed by atoms with van der Waals surface area (Å²) in [6.45, 7) is 0. The van der Waals surface area contributed by atoms with Crippen molar-refractivity contribution in [2.24, 2.45) is 0 Å². The van der Waals surface area contributed by atoms with Crippen LogP contribution in [0.1, 0.15) is 40.4 Å². The van der Waals surface area contributed by atoms with Gasteiger partial charge in [-0.3, -0.25) is 15.6 Å². The van der Waals surface area contributed by atoms with Gasteiger partial charge in [0.1, 0.15) is 11.1 Å². The highest BCUT2D eigenvalue weighted by Crippen LogP contribution is 2.40. The smallest absolute Gasteiger partial charge is 0.271 e. The molecule has 1 amide bonds. The number of nitrogens with one attached hydrogen (secondary N) is 2. The van der Waals surface area contributed by atoms with Gasteiger partial charge in [0.15, 0.2) is 0 Å². The van der Waals surface area contributed by atoms with Crippen LogP contribution in [0.25, 0.3) is 0 Å². The lowest BCUT2D eigenvalue weighted by molar-refractivity contribution is 0.0961. The first-order valence-corrected chi connectivity index (χ1v) is 8.81. The van der Waals surface area contributed by atoms with Crippen molar-refractivity contribution in [3.05, 3.63) is 35.2 Å². The molecule has 9 heteroatoms. The van der Waals surface area contributed by atoms with Gasteiger partial charge >= 0.3 is 0 Å². The van der Waals surface area contributed by atoms with Gasteiger partial charge in [0.25, 0.3) is 5.91 Å². The van der Waals surface area contributed by atoms with Crippen LogP contribution in [0.3, 0.4) is 0 Å². The van der Waals surface area contributed by atoms with Crippen molar-refractivity contribution in [1.29, 1.82) is 5.26 Å². The second-order valence-electron chi connectivity index (χ2n) is 5.37. The molecule has 1 aliphatic carbocycles. The van der Waals surface area contributed by atoms with E-state index < -0.39 is 5.91 Å². The van der Waals surface area contributed by atoms with Crippen LogP contribution in [0.5, 0.6) is 5.88 Å². The third-order valence-corrected chi connectivity index (χ3v) is 4.36. The Morgan fingerprint density at radius 2 is 2.24 bits per heavy atom. The normalized spacial score (nSPS) is 13.0. The number of thioether (sulfide) groups is 1. The number of hydrogen-bond donors (Lipinski definition) is 2. The third kappa shape index (κ3) is 3.80. The zero-order chi connectivity index (χ0) is 17.8. The summed E-state index contributed by atoms with van der Waals surface area (Å²) in [5.74, 6) is 0.490. The molecule has 25 heavy (non-hydrogen) atoms. The number of nitriles is 1. The molecule has 0 aliphatic heterocycles. The maximum atomic E-state index is 12.6. The first-order valence-electron chi connectivity index (χ1n) is 7.58. The molecule has 0 spiro atoms. The van der Waals surface area contributed by atoms with Crippen LogP contribution in [0, 0.1) is 11.3 Å². The van der Waals surface area contributed by atoms with Crippen LogP contribution in [0.15, 0.2) is 23.4 Å².